The molecule has 0 aliphatic rings. The highest BCUT2D eigenvalue weighted by molar-refractivity contribution is 5.59. The monoisotopic (exact) mass is 252 g/mol. The molecule has 0 aromatic heterocycles. The number of hydrogen-bond donors (Lipinski definition) is 2. The topological polar surface area (TPSA) is 118 Å². The lowest BCUT2D eigenvalue weighted by Gasteiger charge is -2.10. The first kappa shape index (κ1) is 14.3. The Balaban J connectivity index is 2.89. The highest BCUT2D eigenvalue weighted by Gasteiger charge is 2.15. The first-order valence-corrected chi connectivity index (χ1v) is 5.56. The molecule has 0 aliphatic heterocycles. The minimum Gasteiger partial charge on any atom is -0.508 e. The van der Waals surface area contributed by atoms with E-state index in [0.717, 1.165) is 5.56 Å². The molecule has 94 valence electrons. The maximum absolute atomic E-state index is 9.16. The molecule has 0 radical (unpaired) electrons. The Morgan fingerprint density at radius 2 is 1.79 bits per heavy atom. The molecule has 0 amide bonds. The molecule has 0 saturated heterocycles. The Morgan fingerprint density at radius 1 is 1.21 bits per heavy atom. The lowest BCUT2D eigenvalue weighted by atomic mass is 9.96. The third-order valence-electron chi connectivity index (χ3n) is 2.55. The van der Waals surface area contributed by atoms with Crippen LogP contribution in [0.5, 0.6) is 5.75 Å². The second-order valence-corrected chi connectivity index (χ2v) is 3.96. The van der Waals surface area contributed by atoms with Crippen LogP contribution in [0.15, 0.2) is 29.8 Å². The largest absolute Gasteiger partial charge is 0.508 e. The first-order chi connectivity index (χ1) is 9.10. The van der Waals surface area contributed by atoms with E-state index in [1.807, 2.05) is 18.2 Å². The van der Waals surface area contributed by atoms with Crippen LogP contribution in [-0.2, 0) is 0 Å². The van der Waals surface area contributed by atoms with Gasteiger partial charge in [-0.2, -0.15) is 15.8 Å². The van der Waals surface area contributed by atoms with Gasteiger partial charge in [0.2, 0.25) is 0 Å². The summed E-state index contributed by atoms with van der Waals surface area (Å²) >= 11 is 0. The maximum Gasteiger partial charge on any atom is 0.135 e. The summed E-state index contributed by atoms with van der Waals surface area (Å²) in [5.41, 5.74) is 6.83. The number of aromatic hydroxyl groups is 1. The minimum atomic E-state index is -0.827. The number of nitrogens with zero attached hydrogens (tertiary/aromatic N) is 3. The fourth-order valence-corrected chi connectivity index (χ4v) is 1.49. The van der Waals surface area contributed by atoms with Gasteiger partial charge in [-0.1, -0.05) is 12.1 Å². The van der Waals surface area contributed by atoms with Gasteiger partial charge in [0.15, 0.2) is 0 Å². The predicted molar refractivity (Wildman–Crippen MR) is 69.0 cm³/mol. The molecular formula is C14H12N4O. The van der Waals surface area contributed by atoms with Gasteiger partial charge in [-0.3, -0.25) is 0 Å². The number of nitrogens with two attached hydrogens (primary N) is 1. The smallest absolute Gasteiger partial charge is 0.135 e. The molecule has 1 aromatic rings. The van der Waals surface area contributed by atoms with Gasteiger partial charge >= 0.3 is 0 Å². The van der Waals surface area contributed by atoms with Crippen LogP contribution in [-0.4, -0.2) is 11.1 Å². The molecule has 0 bridgehead atoms. The van der Waals surface area contributed by atoms with Crippen LogP contribution < -0.4 is 5.73 Å². The van der Waals surface area contributed by atoms with Gasteiger partial charge in [-0.05, 0) is 30.2 Å². The van der Waals surface area contributed by atoms with Crippen LogP contribution in [0.4, 0.5) is 0 Å². The summed E-state index contributed by atoms with van der Waals surface area (Å²) in [7, 11) is 0. The number of rotatable bonds is 4. The van der Waals surface area contributed by atoms with E-state index in [2.05, 4.69) is 0 Å². The Bertz CT molecular complexity index is 570. The lowest BCUT2D eigenvalue weighted by molar-refractivity contribution is 0.475. The van der Waals surface area contributed by atoms with Crippen molar-refractivity contribution >= 4 is 6.08 Å². The van der Waals surface area contributed by atoms with E-state index in [4.69, 9.17) is 26.6 Å². The Hall–Kier alpha value is -2.81. The second kappa shape index (κ2) is 6.81. The van der Waals surface area contributed by atoms with Crippen molar-refractivity contribution in [3.8, 4) is 24.0 Å². The van der Waals surface area contributed by atoms with Crippen molar-refractivity contribution in [2.24, 2.45) is 11.7 Å². The second-order valence-electron chi connectivity index (χ2n) is 3.96. The van der Waals surface area contributed by atoms with Crippen LogP contribution in [0.25, 0.3) is 6.08 Å². The Kier molecular flexibility index (Phi) is 5.11. The molecule has 0 saturated carbocycles. The number of hydrogen-bond acceptors (Lipinski definition) is 5. The number of benzene rings is 1. The standard InChI is InChI=1S/C14H12N4O/c15-7-11(8-16)6-14(18)12(9-17)5-10-1-3-13(19)4-2-10/h1-5,11,14,19H,6,18H2. The van der Waals surface area contributed by atoms with E-state index in [0.29, 0.717) is 5.57 Å². The zero-order chi connectivity index (χ0) is 14.3. The molecule has 1 aromatic carbocycles. The van der Waals surface area contributed by atoms with Gasteiger partial charge in [-0.25, -0.2) is 0 Å². The third-order valence-corrected chi connectivity index (χ3v) is 2.55. The van der Waals surface area contributed by atoms with Crippen molar-refractivity contribution < 1.29 is 5.11 Å². The predicted octanol–water partition coefficient (Wildman–Crippen LogP) is 1.68. The normalized spacial score (nSPS) is 12.3. The highest BCUT2D eigenvalue weighted by atomic mass is 16.3. The molecule has 1 unspecified atom stereocenters. The van der Waals surface area contributed by atoms with Crippen molar-refractivity contribution in [2.75, 3.05) is 0 Å². The van der Waals surface area contributed by atoms with Crippen molar-refractivity contribution in [3.05, 3.63) is 35.4 Å². The zero-order valence-corrected chi connectivity index (χ0v) is 10.1. The molecule has 1 rings (SSSR count). The molecule has 0 aliphatic carbocycles. The quantitative estimate of drug-likeness (QED) is 0.790. The minimum absolute atomic E-state index is 0.116. The van der Waals surface area contributed by atoms with E-state index in [-0.39, 0.29) is 12.2 Å². The molecule has 0 fully saturated rings. The molecular weight excluding hydrogens is 240 g/mol. The van der Waals surface area contributed by atoms with Gasteiger partial charge in [0, 0.05) is 11.6 Å². The van der Waals surface area contributed by atoms with E-state index < -0.39 is 12.0 Å². The SMILES string of the molecule is N#CC(=Cc1ccc(O)cc1)C(N)CC(C#N)C#N. The van der Waals surface area contributed by atoms with E-state index in [9.17, 15) is 0 Å². The summed E-state index contributed by atoms with van der Waals surface area (Å²) < 4.78 is 0. The molecule has 0 heterocycles. The fraction of sp³-hybridized carbons (Fsp3) is 0.214. The molecule has 5 nitrogen and oxygen atoms in total. The highest BCUT2D eigenvalue weighted by Crippen LogP contribution is 2.16. The van der Waals surface area contributed by atoms with Crippen molar-refractivity contribution in [1.82, 2.24) is 0 Å². The molecule has 3 N–H and O–H groups in total. The summed E-state index contributed by atoms with van der Waals surface area (Å²) in [4.78, 5) is 0. The summed E-state index contributed by atoms with van der Waals surface area (Å²) in [6.07, 6.45) is 1.69. The van der Waals surface area contributed by atoms with Crippen molar-refractivity contribution in [2.45, 2.75) is 12.5 Å². The summed E-state index contributed by atoms with van der Waals surface area (Å²) in [5, 5.41) is 35.6. The van der Waals surface area contributed by atoms with Gasteiger partial charge in [0.1, 0.15) is 11.7 Å². The summed E-state index contributed by atoms with van der Waals surface area (Å²) in [5.74, 6) is -0.694. The fourth-order valence-electron chi connectivity index (χ4n) is 1.49. The van der Waals surface area contributed by atoms with Gasteiger partial charge in [0.25, 0.3) is 0 Å². The number of phenolic OH excluding ortho intramolecular Hbond substituents is 1. The van der Waals surface area contributed by atoms with Crippen LogP contribution in [0.3, 0.4) is 0 Å². The zero-order valence-electron chi connectivity index (χ0n) is 10.1. The number of phenols is 1. The average Bonchev–Trinajstić information content (AvgIpc) is 2.43. The molecule has 1 atom stereocenters. The van der Waals surface area contributed by atoms with Gasteiger partial charge in [-0.15, -0.1) is 0 Å². The van der Waals surface area contributed by atoms with Crippen molar-refractivity contribution in [3.63, 3.8) is 0 Å². The van der Waals surface area contributed by atoms with Crippen LogP contribution >= 0.6 is 0 Å². The van der Waals surface area contributed by atoms with Gasteiger partial charge in [0.05, 0.1) is 18.2 Å². The van der Waals surface area contributed by atoms with Crippen LogP contribution in [0.1, 0.15) is 12.0 Å². The van der Waals surface area contributed by atoms with E-state index in [1.54, 1.807) is 18.2 Å². The van der Waals surface area contributed by atoms with E-state index >= 15 is 0 Å². The first-order valence-electron chi connectivity index (χ1n) is 5.56. The Morgan fingerprint density at radius 3 is 2.26 bits per heavy atom. The van der Waals surface area contributed by atoms with Gasteiger partial charge < -0.3 is 10.8 Å². The lowest BCUT2D eigenvalue weighted by Crippen LogP contribution is -2.24. The third kappa shape index (κ3) is 4.16. The van der Waals surface area contributed by atoms with Crippen molar-refractivity contribution in [1.29, 1.82) is 15.8 Å². The van der Waals surface area contributed by atoms with Crippen LogP contribution in [0.2, 0.25) is 0 Å². The summed E-state index contributed by atoms with van der Waals surface area (Å²) in [6.45, 7) is 0. The average molecular weight is 252 g/mol. The van der Waals surface area contributed by atoms with Crippen LogP contribution in [0, 0.1) is 39.9 Å². The van der Waals surface area contributed by atoms with E-state index in [1.165, 1.54) is 12.1 Å². The maximum atomic E-state index is 9.16. The Labute approximate surface area is 111 Å². The molecule has 19 heavy (non-hydrogen) atoms. The molecule has 5 heteroatoms. The molecule has 0 spiro atoms. The summed E-state index contributed by atoms with van der Waals surface area (Å²) in [6, 6.07) is 11.2. The number of nitriles is 3.